The Hall–Kier alpha value is -2.33. The fourth-order valence-electron chi connectivity index (χ4n) is 3.53. The topological polar surface area (TPSA) is 61.7 Å². The average Bonchev–Trinajstić information content (AvgIpc) is 2.74. The molecule has 0 spiro atoms. The molecule has 4 rings (SSSR count). The first-order chi connectivity index (χ1) is 13.7. The molecule has 0 radical (unpaired) electrons. The van der Waals surface area contributed by atoms with Gasteiger partial charge in [-0.15, -0.1) is 0 Å². The standard InChI is InChI=1S/C21H23ClN4O2/c22-20-12-19(26-7-1-2-18(27)15-26)17(14-23-20)5-3-16-4-6-21(24-13-16)25-8-10-28-11-9-25/h4,6,12-14,18,27H,1-2,7-11,15H2. The molecule has 7 heteroatoms. The summed E-state index contributed by atoms with van der Waals surface area (Å²) in [7, 11) is 0. The summed E-state index contributed by atoms with van der Waals surface area (Å²) in [6.07, 6.45) is 4.95. The van der Waals surface area contributed by atoms with Crippen molar-refractivity contribution in [2.24, 2.45) is 0 Å². The highest BCUT2D eigenvalue weighted by Crippen LogP contribution is 2.26. The number of pyridine rings is 2. The van der Waals surface area contributed by atoms with Crippen LogP contribution in [0.4, 0.5) is 11.5 Å². The second-order valence-corrected chi connectivity index (χ2v) is 7.41. The SMILES string of the molecule is OC1CCCN(c2cc(Cl)ncc2C#Cc2ccc(N3CCOCC3)nc2)C1. The lowest BCUT2D eigenvalue weighted by Crippen LogP contribution is -2.38. The Morgan fingerprint density at radius 1 is 1.07 bits per heavy atom. The van der Waals surface area contributed by atoms with E-state index in [0.29, 0.717) is 11.7 Å². The highest BCUT2D eigenvalue weighted by Gasteiger charge is 2.20. The van der Waals surface area contributed by atoms with Crippen molar-refractivity contribution in [2.45, 2.75) is 18.9 Å². The van der Waals surface area contributed by atoms with Gasteiger partial charge in [-0.1, -0.05) is 23.4 Å². The fourth-order valence-corrected chi connectivity index (χ4v) is 3.68. The Morgan fingerprint density at radius 2 is 1.93 bits per heavy atom. The number of β-amino-alcohol motifs (C(OH)–C–C–N with tert-alkyl or cyclic N) is 1. The first-order valence-corrected chi connectivity index (χ1v) is 9.96. The van der Waals surface area contributed by atoms with Crippen LogP contribution in [0.2, 0.25) is 5.15 Å². The van der Waals surface area contributed by atoms with Crippen LogP contribution in [-0.4, -0.2) is 60.6 Å². The zero-order chi connectivity index (χ0) is 19.3. The van der Waals surface area contributed by atoms with Crippen LogP contribution in [0.25, 0.3) is 0 Å². The van der Waals surface area contributed by atoms with E-state index in [1.54, 1.807) is 12.4 Å². The molecule has 2 aliphatic rings. The summed E-state index contributed by atoms with van der Waals surface area (Å²) in [6.45, 7) is 4.66. The van der Waals surface area contributed by atoms with Crippen molar-refractivity contribution in [3.05, 3.63) is 46.9 Å². The molecule has 0 aliphatic carbocycles. The molecule has 4 heterocycles. The molecule has 1 atom stereocenters. The molecule has 6 nitrogen and oxygen atoms in total. The van der Waals surface area contributed by atoms with E-state index in [9.17, 15) is 5.11 Å². The maximum absolute atomic E-state index is 10.00. The van der Waals surface area contributed by atoms with Crippen molar-refractivity contribution >= 4 is 23.1 Å². The number of rotatable bonds is 2. The van der Waals surface area contributed by atoms with Gasteiger partial charge in [-0.05, 0) is 25.0 Å². The number of aromatic nitrogens is 2. The lowest BCUT2D eigenvalue weighted by Gasteiger charge is -2.32. The van der Waals surface area contributed by atoms with Gasteiger partial charge in [-0.25, -0.2) is 9.97 Å². The molecule has 2 aromatic heterocycles. The molecule has 146 valence electrons. The van der Waals surface area contributed by atoms with Gasteiger partial charge in [-0.2, -0.15) is 0 Å². The number of aliphatic hydroxyl groups is 1. The minimum absolute atomic E-state index is 0.321. The molecular weight excluding hydrogens is 376 g/mol. The summed E-state index contributed by atoms with van der Waals surface area (Å²) >= 11 is 6.11. The van der Waals surface area contributed by atoms with Crippen LogP contribution in [0.15, 0.2) is 30.6 Å². The van der Waals surface area contributed by atoms with Crippen LogP contribution in [0.5, 0.6) is 0 Å². The van der Waals surface area contributed by atoms with Gasteiger partial charge in [0, 0.05) is 50.2 Å². The first-order valence-electron chi connectivity index (χ1n) is 9.58. The van der Waals surface area contributed by atoms with E-state index in [1.165, 1.54) is 0 Å². The van der Waals surface area contributed by atoms with Gasteiger partial charge in [0.2, 0.25) is 0 Å². The molecule has 2 aromatic rings. The summed E-state index contributed by atoms with van der Waals surface area (Å²) in [5, 5.41) is 10.4. The van der Waals surface area contributed by atoms with Crippen LogP contribution in [-0.2, 0) is 4.74 Å². The van der Waals surface area contributed by atoms with Gasteiger partial charge in [0.05, 0.1) is 30.6 Å². The van der Waals surface area contributed by atoms with E-state index in [0.717, 1.165) is 68.3 Å². The van der Waals surface area contributed by atoms with Crippen LogP contribution < -0.4 is 9.80 Å². The number of nitrogens with zero attached hydrogens (tertiary/aromatic N) is 4. The average molecular weight is 399 g/mol. The third kappa shape index (κ3) is 4.56. The number of ether oxygens (including phenoxy) is 1. The zero-order valence-corrected chi connectivity index (χ0v) is 16.4. The number of hydrogen-bond donors (Lipinski definition) is 1. The van der Waals surface area contributed by atoms with Gasteiger partial charge in [0.1, 0.15) is 11.0 Å². The third-order valence-corrected chi connectivity index (χ3v) is 5.22. The van der Waals surface area contributed by atoms with Gasteiger partial charge in [0.25, 0.3) is 0 Å². The highest BCUT2D eigenvalue weighted by molar-refractivity contribution is 6.29. The molecule has 0 amide bonds. The highest BCUT2D eigenvalue weighted by atomic mass is 35.5. The summed E-state index contributed by atoms with van der Waals surface area (Å²) in [5.74, 6) is 7.32. The Morgan fingerprint density at radius 3 is 2.68 bits per heavy atom. The van der Waals surface area contributed by atoms with Gasteiger partial charge < -0.3 is 19.6 Å². The number of morpholine rings is 1. The van der Waals surface area contributed by atoms with Crippen LogP contribution in [0, 0.1) is 11.8 Å². The summed E-state index contributed by atoms with van der Waals surface area (Å²) in [6, 6.07) is 5.80. The molecule has 0 saturated carbocycles. The predicted octanol–water partition coefficient (Wildman–Crippen LogP) is 2.33. The predicted molar refractivity (Wildman–Crippen MR) is 110 cm³/mol. The fraction of sp³-hybridized carbons (Fsp3) is 0.429. The summed E-state index contributed by atoms with van der Waals surface area (Å²) in [4.78, 5) is 13.1. The molecule has 2 fully saturated rings. The van der Waals surface area contributed by atoms with Crippen molar-refractivity contribution < 1.29 is 9.84 Å². The zero-order valence-electron chi connectivity index (χ0n) is 15.6. The number of piperidine rings is 1. The number of aliphatic hydroxyl groups excluding tert-OH is 1. The monoisotopic (exact) mass is 398 g/mol. The Bertz CT molecular complexity index is 872. The second kappa shape index (κ2) is 8.78. The van der Waals surface area contributed by atoms with E-state index in [2.05, 4.69) is 31.6 Å². The minimum Gasteiger partial charge on any atom is -0.391 e. The lowest BCUT2D eigenvalue weighted by molar-refractivity contribution is 0.122. The van der Waals surface area contributed by atoms with Crippen molar-refractivity contribution in [1.82, 2.24) is 9.97 Å². The molecule has 28 heavy (non-hydrogen) atoms. The maximum atomic E-state index is 10.00. The Labute approximate surface area is 170 Å². The molecule has 2 saturated heterocycles. The summed E-state index contributed by atoms with van der Waals surface area (Å²) < 4.78 is 5.38. The van der Waals surface area contributed by atoms with Crippen molar-refractivity contribution in [1.29, 1.82) is 0 Å². The third-order valence-electron chi connectivity index (χ3n) is 5.01. The van der Waals surface area contributed by atoms with Crippen LogP contribution in [0.1, 0.15) is 24.0 Å². The number of hydrogen-bond acceptors (Lipinski definition) is 6. The minimum atomic E-state index is -0.321. The van der Waals surface area contributed by atoms with E-state index >= 15 is 0 Å². The van der Waals surface area contributed by atoms with Crippen molar-refractivity contribution in [3.8, 4) is 11.8 Å². The lowest BCUT2D eigenvalue weighted by atomic mass is 10.1. The molecule has 1 N–H and O–H groups in total. The number of halogens is 1. The number of anilines is 2. The van der Waals surface area contributed by atoms with Crippen molar-refractivity contribution in [2.75, 3.05) is 49.2 Å². The largest absolute Gasteiger partial charge is 0.391 e. The Balaban J connectivity index is 1.54. The van der Waals surface area contributed by atoms with Crippen LogP contribution in [0.3, 0.4) is 0 Å². The molecule has 0 bridgehead atoms. The van der Waals surface area contributed by atoms with E-state index in [-0.39, 0.29) is 6.10 Å². The first kappa shape index (κ1) is 19.0. The molecule has 1 unspecified atom stereocenters. The van der Waals surface area contributed by atoms with E-state index in [1.807, 2.05) is 18.2 Å². The normalized spacial score (nSPS) is 19.9. The Kier molecular flexibility index (Phi) is 5.96. The van der Waals surface area contributed by atoms with E-state index in [4.69, 9.17) is 16.3 Å². The smallest absolute Gasteiger partial charge is 0.131 e. The molecule has 0 aromatic carbocycles. The summed E-state index contributed by atoms with van der Waals surface area (Å²) in [5.41, 5.74) is 2.57. The molecule has 2 aliphatic heterocycles. The quantitative estimate of drug-likeness (QED) is 0.619. The second-order valence-electron chi connectivity index (χ2n) is 7.02. The van der Waals surface area contributed by atoms with Crippen LogP contribution >= 0.6 is 11.6 Å². The van der Waals surface area contributed by atoms with E-state index < -0.39 is 0 Å². The van der Waals surface area contributed by atoms with Gasteiger partial charge in [-0.3, -0.25) is 0 Å². The van der Waals surface area contributed by atoms with Crippen molar-refractivity contribution in [3.63, 3.8) is 0 Å². The van der Waals surface area contributed by atoms with Gasteiger partial charge in [0.15, 0.2) is 0 Å². The molecular formula is C21H23ClN4O2. The van der Waals surface area contributed by atoms with Gasteiger partial charge >= 0.3 is 0 Å². The maximum Gasteiger partial charge on any atom is 0.131 e.